The van der Waals surface area contributed by atoms with Crippen molar-refractivity contribution in [2.45, 2.75) is 24.5 Å². The van der Waals surface area contributed by atoms with Gasteiger partial charge in [0.25, 0.3) is 0 Å². The van der Waals surface area contributed by atoms with Crippen molar-refractivity contribution in [3.05, 3.63) is 48.5 Å². The molecule has 8 nitrogen and oxygen atoms in total. The van der Waals surface area contributed by atoms with E-state index in [2.05, 4.69) is 15.6 Å². The van der Waals surface area contributed by atoms with Gasteiger partial charge < -0.3 is 20.3 Å². The number of hydrogen-bond donors (Lipinski definition) is 3. The molecule has 9 heteroatoms. The van der Waals surface area contributed by atoms with E-state index >= 15 is 0 Å². The molecule has 0 fully saturated rings. The van der Waals surface area contributed by atoms with E-state index in [0.717, 1.165) is 17.3 Å². The lowest BCUT2D eigenvalue weighted by atomic mass is 10.3. The lowest BCUT2D eigenvalue weighted by molar-refractivity contribution is -0.116. The van der Waals surface area contributed by atoms with Crippen LogP contribution in [0.4, 0.5) is 11.6 Å². The van der Waals surface area contributed by atoms with Gasteiger partial charge in [0.1, 0.15) is 6.54 Å². The van der Waals surface area contributed by atoms with Gasteiger partial charge in [0.2, 0.25) is 11.9 Å². The van der Waals surface area contributed by atoms with Crippen LogP contribution in [0, 0.1) is 0 Å². The van der Waals surface area contributed by atoms with Crippen LogP contribution in [0.3, 0.4) is 0 Å². The van der Waals surface area contributed by atoms with Gasteiger partial charge in [0.05, 0.1) is 22.0 Å². The second-order valence-corrected chi connectivity index (χ2v) is 8.60. The molecule has 1 amide bonds. The lowest BCUT2D eigenvalue weighted by Gasteiger charge is -2.12. The highest BCUT2D eigenvalue weighted by Gasteiger charge is 2.14. The van der Waals surface area contributed by atoms with Crippen LogP contribution >= 0.6 is 0 Å². The van der Waals surface area contributed by atoms with E-state index in [4.69, 9.17) is 0 Å². The van der Waals surface area contributed by atoms with Crippen molar-refractivity contribution in [3.8, 4) is 0 Å². The largest absolute Gasteiger partial charge is 0.392 e. The first-order valence-corrected chi connectivity index (χ1v) is 10.6. The van der Waals surface area contributed by atoms with Crippen molar-refractivity contribution in [2.24, 2.45) is 0 Å². The zero-order chi connectivity index (χ0) is 20.3. The molecule has 3 aromatic rings. The fraction of sp³-hybridized carbons (Fsp3) is 0.263. The highest BCUT2D eigenvalue weighted by atomic mass is 32.2. The summed E-state index contributed by atoms with van der Waals surface area (Å²) in [4.78, 5) is 17.2. The molecule has 3 N–H and O–H groups in total. The third kappa shape index (κ3) is 4.68. The van der Waals surface area contributed by atoms with Crippen LogP contribution in [0.2, 0.25) is 0 Å². The number of imidazole rings is 1. The summed E-state index contributed by atoms with van der Waals surface area (Å²) < 4.78 is 24.8. The Morgan fingerprint density at radius 2 is 1.86 bits per heavy atom. The molecule has 1 atom stereocenters. The monoisotopic (exact) mass is 402 g/mol. The molecule has 0 saturated heterocycles. The number of nitrogens with one attached hydrogen (secondary N) is 2. The second kappa shape index (κ2) is 7.99. The molecule has 0 spiro atoms. The van der Waals surface area contributed by atoms with E-state index < -0.39 is 15.9 Å². The van der Waals surface area contributed by atoms with E-state index in [1.807, 2.05) is 24.3 Å². The minimum Gasteiger partial charge on any atom is -0.392 e. The molecular weight excluding hydrogens is 380 g/mol. The number of fused-ring (bicyclic) bond motifs is 1. The van der Waals surface area contributed by atoms with Crippen LogP contribution in [0.5, 0.6) is 0 Å². The predicted molar refractivity (Wildman–Crippen MR) is 108 cm³/mol. The molecule has 0 saturated carbocycles. The first kappa shape index (κ1) is 19.8. The summed E-state index contributed by atoms with van der Waals surface area (Å²) in [6.45, 7) is 1.97. The number of para-hydroxylation sites is 2. The van der Waals surface area contributed by atoms with Gasteiger partial charge in [-0.05, 0) is 43.3 Å². The molecule has 1 heterocycles. The summed E-state index contributed by atoms with van der Waals surface area (Å²) in [5.74, 6) is 0.208. The van der Waals surface area contributed by atoms with Gasteiger partial charge in [0.15, 0.2) is 9.84 Å². The van der Waals surface area contributed by atoms with Crippen LogP contribution in [-0.4, -0.2) is 47.9 Å². The standard InChI is InChI=1S/C19H22N4O4S/c1-13(24)11-20-19-22-16-5-3-4-6-17(16)23(19)12-18(25)21-14-7-9-15(10-8-14)28(2,26)27/h3-10,13,24H,11-12H2,1-2H3,(H,20,22)(H,21,25)/t13-/m0/s1. The molecule has 1 aromatic heterocycles. The number of nitrogens with zero attached hydrogens (tertiary/aromatic N) is 2. The summed E-state index contributed by atoms with van der Waals surface area (Å²) >= 11 is 0. The maximum absolute atomic E-state index is 12.5. The number of anilines is 2. The van der Waals surface area contributed by atoms with Gasteiger partial charge in [-0.15, -0.1) is 0 Å². The van der Waals surface area contributed by atoms with E-state index in [-0.39, 0.29) is 17.3 Å². The van der Waals surface area contributed by atoms with Gasteiger partial charge in [-0.2, -0.15) is 0 Å². The van der Waals surface area contributed by atoms with Crippen molar-refractivity contribution in [2.75, 3.05) is 23.4 Å². The predicted octanol–water partition coefficient (Wildman–Crippen LogP) is 1.87. The molecule has 28 heavy (non-hydrogen) atoms. The molecule has 148 valence electrons. The first-order chi connectivity index (χ1) is 13.2. The number of benzene rings is 2. The summed E-state index contributed by atoms with van der Waals surface area (Å²) in [7, 11) is -3.29. The van der Waals surface area contributed by atoms with Crippen LogP contribution in [0.25, 0.3) is 11.0 Å². The van der Waals surface area contributed by atoms with Gasteiger partial charge in [-0.25, -0.2) is 13.4 Å². The Morgan fingerprint density at radius 3 is 2.50 bits per heavy atom. The number of amides is 1. The topological polar surface area (TPSA) is 113 Å². The molecule has 3 rings (SSSR count). The number of sulfone groups is 1. The third-order valence-electron chi connectivity index (χ3n) is 4.08. The minimum absolute atomic E-state index is 0.0104. The van der Waals surface area contributed by atoms with Gasteiger partial charge in [0, 0.05) is 18.5 Å². The molecule has 0 unspecified atom stereocenters. The van der Waals surface area contributed by atoms with Crippen molar-refractivity contribution in [3.63, 3.8) is 0 Å². The van der Waals surface area contributed by atoms with Crippen molar-refractivity contribution >= 4 is 38.4 Å². The van der Waals surface area contributed by atoms with Crippen LogP contribution in [-0.2, 0) is 21.2 Å². The van der Waals surface area contributed by atoms with Crippen molar-refractivity contribution in [1.82, 2.24) is 9.55 Å². The lowest BCUT2D eigenvalue weighted by Crippen LogP contribution is -2.22. The van der Waals surface area contributed by atoms with Crippen LogP contribution in [0.1, 0.15) is 6.92 Å². The SMILES string of the molecule is C[C@H](O)CNc1nc2ccccc2n1CC(=O)Nc1ccc(S(C)(=O)=O)cc1. The van der Waals surface area contributed by atoms with E-state index in [0.29, 0.717) is 18.2 Å². The van der Waals surface area contributed by atoms with Gasteiger partial charge in [-0.1, -0.05) is 12.1 Å². The quantitative estimate of drug-likeness (QED) is 0.556. The van der Waals surface area contributed by atoms with E-state index in [9.17, 15) is 18.3 Å². The number of aliphatic hydroxyl groups is 1. The summed E-state index contributed by atoms with van der Waals surface area (Å²) in [6, 6.07) is 13.4. The molecule has 0 aliphatic carbocycles. The number of aromatic nitrogens is 2. The molecule has 0 aliphatic heterocycles. The Morgan fingerprint density at radius 1 is 1.18 bits per heavy atom. The maximum atomic E-state index is 12.5. The maximum Gasteiger partial charge on any atom is 0.244 e. The Bertz CT molecular complexity index is 1090. The highest BCUT2D eigenvalue weighted by molar-refractivity contribution is 7.90. The fourth-order valence-electron chi connectivity index (χ4n) is 2.74. The fourth-order valence-corrected chi connectivity index (χ4v) is 3.37. The third-order valence-corrected chi connectivity index (χ3v) is 5.21. The zero-order valence-electron chi connectivity index (χ0n) is 15.6. The number of hydrogen-bond acceptors (Lipinski definition) is 6. The summed E-state index contributed by atoms with van der Waals surface area (Å²) in [5, 5.41) is 15.3. The smallest absolute Gasteiger partial charge is 0.244 e. The Labute approximate surface area is 163 Å². The Balaban J connectivity index is 1.79. The van der Waals surface area contributed by atoms with Crippen LogP contribution in [0.15, 0.2) is 53.4 Å². The van der Waals surface area contributed by atoms with Crippen LogP contribution < -0.4 is 10.6 Å². The summed E-state index contributed by atoms with van der Waals surface area (Å²) in [6.07, 6.45) is 0.572. The molecular formula is C19H22N4O4S. The Kier molecular flexibility index (Phi) is 5.66. The highest BCUT2D eigenvalue weighted by Crippen LogP contribution is 2.20. The van der Waals surface area contributed by atoms with Crippen molar-refractivity contribution in [1.29, 1.82) is 0 Å². The minimum atomic E-state index is -3.29. The molecule has 2 aromatic carbocycles. The van der Waals surface area contributed by atoms with Gasteiger partial charge >= 0.3 is 0 Å². The van der Waals surface area contributed by atoms with Crippen molar-refractivity contribution < 1.29 is 18.3 Å². The number of carbonyl (C=O) groups excluding carboxylic acids is 1. The molecule has 0 aliphatic rings. The average molecular weight is 402 g/mol. The number of carbonyl (C=O) groups is 1. The second-order valence-electron chi connectivity index (χ2n) is 6.58. The summed E-state index contributed by atoms with van der Waals surface area (Å²) in [5.41, 5.74) is 2.03. The molecule has 0 bridgehead atoms. The average Bonchev–Trinajstić information content (AvgIpc) is 2.97. The van der Waals surface area contributed by atoms with E-state index in [1.165, 1.54) is 12.1 Å². The van der Waals surface area contributed by atoms with Gasteiger partial charge in [-0.3, -0.25) is 4.79 Å². The molecule has 0 radical (unpaired) electrons. The normalized spacial score (nSPS) is 12.7. The number of aliphatic hydroxyl groups excluding tert-OH is 1. The zero-order valence-corrected chi connectivity index (χ0v) is 16.4. The first-order valence-electron chi connectivity index (χ1n) is 8.71. The number of rotatable bonds is 7. The Hall–Kier alpha value is -2.91. The van der Waals surface area contributed by atoms with E-state index in [1.54, 1.807) is 23.6 Å².